The monoisotopic (exact) mass is 303 g/mol. The van der Waals surface area contributed by atoms with Crippen LogP contribution in [0, 0.1) is 11.6 Å². The molecule has 112 valence electrons. The number of benzene rings is 1. The number of hydrogen-bond acceptors (Lipinski definition) is 2. The Hall–Kier alpha value is -0.850. The third-order valence-corrected chi connectivity index (χ3v) is 4.65. The Bertz CT molecular complexity index is 512. The highest BCUT2D eigenvalue weighted by atomic mass is 32.2. The molecule has 0 bridgehead atoms. The van der Waals surface area contributed by atoms with E-state index < -0.39 is 33.4 Å². The molecular weight excluding hydrogens is 284 g/mol. The summed E-state index contributed by atoms with van der Waals surface area (Å²) in [5.41, 5.74) is 0.193. The first kappa shape index (κ1) is 15.5. The standard InChI is InChI=1S/C14H19F2NO2S/c1-14(2,3)20(18)17-13(7-10-8-19-10)11-6-9(15)4-5-12(11)16/h4-6,10,13,17H,7-8H2,1-3H3/t10?,13-,20+/m0/s1. The van der Waals surface area contributed by atoms with Gasteiger partial charge in [0.05, 0.1) is 28.4 Å². The molecule has 1 aromatic rings. The Balaban J connectivity index is 2.22. The van der Waals surface area contributed by atoms with Crippen LogP contribution in [0.25, 0.3) is 0 Å². The average Bonchev–Trinajstić information content (AvgIpc) is 3.14. The van der Waals surface area contributed by atoms with Gasteiger partial charge in [0, 0.05) is 11.6 Å². The van der Waals surface area contributed by atoms with E-state index in [-0.39, 0.29) is 11.7 Å². The Morgan fingerprint density at radius 1 is 1.45 bits per heavy atom. The van der Waals surface area contributed by atoms with Crippen molar-refractivity contribution in [1.82, 2.24) is 4.72 Å². The van der Waals surface area contributed by atoms with E-state index in [1.54, 1.807) is 0 Å². The SMILES string of the molecule is CC(C)(C)[S@@](=O)N[C@@H](CC1CO1)c1cc(F)ccc1F. The van der Waals surface area contributed by atoms with Crippen LogP contribution in [-0.4, -0.2) is 21.7 Å². The van der Waals surface area contributed by atoms with Crippen LogP contribution in [-0.2, 0) is 15.7 Å². The fraction of sp³-hybridized carbons (Fsp3) is 0.571. The van der Waals surface area contributed by atoms with Crippen molar-refractivity contribution >= 4 is 11.0 Å². The number of nitrogens with one attached hydrogen (secondary N) is 1. The fourth-order valence-corrected chi connectivity index (χ4v) is 2.63. The molecule has 0 saturated carbocycles. The summed E-state index contributed by atoms with van der Waals surface area (Å²) in [4.78, 5) is 0. The molecule has 1 unspecified atom stereocenters. The van der Waals surface area contributed by atoms with Crippen LogP contribution < -0.4 is 4.72 Å². The number of halogens is 2. The zero-order chi connectivity index (χ0) is 14.9. The second-order valence-electron chi connectivity index (χ2n) is 5.91. The van der Waals surface area contributed by atoms with Gasteiger partial charge < -0.3 is 4.74 Å². The smallest absolute Gasteiger partial charge is 0.128 e. The fourth-order valence-electron chi connectivity index (χ4n) is 1.79. The van der Waals surface area contributed by atoms with Crippen molar-refractivity contribution in [3.05, 3.63) is 35.4 Å². The van der Waals surface area contributed by atoms with Gasteiger partial charge in [-0.05, 0) is 45.4 Å². The molecule has 1 aromatic carbocycles. The summed E-state index contributed by atoms with van der Waals surface area (Å²) in [6.45, 7) is 6.07. The maximum atomic E-state index is 13.9. The first-order valence-electron chi connectivity index (χ1n) is 6.52. The van der Waals surface area contributed by atoms with Crippen molar-refractivity contribution in [3.63, 3.8) is 0 Å². The van der Waals surface area contributed by atoms with E-state index in [9.17, 15) is 13.0 Å². The molecule has 0 amide bonds. The Kier molecular flexibility index (Phi) is 4.56. The molecule has 0 aromatic heterocycles. The quantitative estimate of drug-likeness (QED) is 0.850. The van der Waals surface area contributed by atoms with Gasteiger partial charge in [-0.25, -0.2) is 17.7 Å². The lowest BCUT2D eigenvalue weighted by molar-refractivity contribution is 0.372. The van der Waals surface area contributed by atoms with E-state index in [1.807, 2.05) is 20.8 Å². The molecule has 1 saturated heterocycles. The average molecular weight is 303 g/mol. The molecule has 3 nitrogen and oxygen atoms in total. The second-order valence-corrected chi connectivity index (χ2v) is 7.91. The second kappa shape index (κ2) is 5.87. The van der Waals surface area contributed by atoms with Crippen LogP contribution in [0.15, 0.2) is 18.2 Å². The largest absolute Gasteiger partial charge is 0.373 e. The Morgan fingerprint density at radius 3 is 2.65 bits per heavy atom. The third-order valence-electron chi connectivity index (χ3n) is 3.04. The molecule has 0 spiro atoms. The predicted octanol–water partition coefficient (Wildman–Crippen LogP) is 2.85. The molecule has 6 heteroatoms. The maximum Gasteiger partial charge on any atom is 0.128 e. The van der Waals surface area contributed by atoms with Gasteiger partial charge >= 0.3 is 0 Å². The summed E-state index contributed by atoms with van der Waals surface area (Å²) < 4.78 is 47.0. The van der Waals surface area contributed by atoms with Gasteiger partial charge in [-0.1, -0.05) is 0 Å². The topological polar surface area (TPSA) is 41.6 Å². The molecule has 3 atom stereocenters. The predicted molar refractivity (Wildman–Crippen MR) is 74.5 cm³/mol. The van der Waals surface area contributed by atoms with Crippen molar-refractivity contribution in [2.75, 3.05) is 6.61 Å². The summed E-state index contributed by atoms with van der Waals surface area (Å²) in [5, 5.41) is 0. The summed E-state index contributed by atoms with van der Waals surface area (Å²) in [6, 6.07) is 2.78. The highest BCUT2D eigenvalue weighted by Crippen LogP contribution is 2.29. The Labute approximate surface area is 120 Å². The van der Waals surface area contributed by atoms with Crippen molar-refractivity contribution < 1.29 is 17.7 Å². The molecule has 2 rings (SSSR count). The van der Waals surface area contributed by atoms with Gasteiger partial charge in [0.15, 0.2) is 0 Å². The minimum atomic E-state index is -1.37. The molecular formula is C14H19F2NO2S. The first-order valence-corrected chi connectivity index (χ1v) is 7.67. The van der Waals surface area contributed by atoms with Gasteiger partial charge in [-0.15, -0.1) is 0 Å². The van der Waals surface area contributed by atoms with E-state index in [1.165, 1.54) is 0 Å². The van der Waals surface area contributed by atoms with E-state index in [2.05, 4.69) is 4.72 Å². The lowest BCUT2D eigenvalue weighted by atomic mass is 10.0. The van der Waals surface area contributed by atoms with E-state index >= 15 is 0 Å². The van der Waals surface area contributed by atoms with Gasteiger partial charge in [-0.2, -0.15) is 0 Å². The van der Waals surface area contributed by atoms with E-state index in [0.29, 0.717) is 13.0 Å². The lowest BCUT2D eigenvalue weighted by Crippen LogP contribution is -2.36. The molecule has 0 radical (unpaired) electrons. The van der Waals surface area contributed by atoms with Gasteiger partial charge in [-0.3, -0.25) is 0 Å². The van der Waals surface area contributed by atoms with E-state index in [0.717, 1.165) is 18.2 Å². The molecule has 0 aliphatic carbocycles. The van der Waals surface area contributed by atoms with Crippen LogP contribution in [0.5, 0.6) is 0 Å². The minimum absolute atomic E-state index is 0.0205. The number of rotatable bonds is 5. The lowest BCUT2D eigenvalue weighted by Gasteiger charge is -2.24. The van der Waals surface area contributed by atoms with Crippen LogP contribution in [0.3, 0.4) is 0 Å². The zero-order valence-electron chi connectivity index (χ0n) is 11.8. The highest BCUT2D eigenvalue weighted by Gasteiger charge is 2.32. The van der Waals surface area contributed by atoms with Gasteiger partial charge in [0.25, 0.3) is 0 Å². The van der Waals surface area contributed by atoms with Gasteiger partial charge in [0.2, 0.25) is 0 Å². The Morgan fingerprint density at radius 2 is 2.10 bits per heavy atom. The molecule has 1 aliphatic rings. The van der Waals surface area contributed by atoms with E-state index in [4.69, 9.17) is 4.74 Å². The first-order chi connectivity index (χ1) is 9.27. The zero-order valence-corrected chi connectivity index (χ0v) is 12.6. The van der Waals surface area contributed by atoms with Crippen LogP contribution in [0.2, 0.25) is 0 Å². The van der Waals surface area contributed by atoms with Crippen molar-refractivity contribution in [1.29, 1.82) is 0 Å². The highest BCUT2D eigenvalue weighted by molar-refractivity contribution is 7.84. The number of epoxide rings is 1. The summed E-state index contributed by atoms with van der Waals surface area (Å²) >= 11 is 0. The molecule has 1 fully saturated rings. The molecule has 1 aliphatic heterocycles. The number of ether oxygens (including phenoxy) is 1. The molecule has 20 heavy (non-hydrogen) atoms. The van der Waals surface area contributed by atoms with Crippen LogP contribution in [0.1, 0.15) is 38.8 Å². The minimum Gasteiger partial charge on any atom is -0.373 e. The number of hydrogen-bond donors (Lipinski definition) is 1. The summed E-state index contributed by atoms with van der Waals surface area (Å²) in [7, 11) is -1.37. The molecule has 1 heterocycles. The third kappa shape index (κ3) is 4.07. The van der Waals surface area contributed by atoms with Crippen LogP contribution >= 0.6 is 0 Å². The maximum absolute atomic E-state index is 13.9. The summed E-state index contributed by atoms with van der Waals surface area (Å²) in [6.07, 6.45) is 0.495. The van der Waals surface area contributed by atoms with Crippen molar-refractivity contribution in [2.24, 2.45) is 0 Å². The van der Waals surface area contributed by atoms with Gasteiger partial charge in [0.1, 0.15) is 11.6 Å². The summed E-state index contributed by atoms with van der Waals surface area (Å²) in [5.74, 6) is -1.01. The van der Waals surface area contributed by atoms with Crippen molar-refractivity contribution in [3.8, 4) is 0 Å². The normalized spacial score (nSPS) is 21.6. The van der Waals surface area contributed by atoms with Crippen molar-refractivity contribution in [2.45, 2.75) is 44.1 Å². The van der Waals surface area contributed by atoms with Crippen LogP contribution in [0.4, 0.5) is 8.78 Å². The molecule has 1 N–H and O–H groups in total.